The quantitative estimate of drug-likeness (QED) is 0.736. The Morgan fingerprint density at radius 1 is 1.22 bits per heavy atom. The van der Waals surface area contributed by atoms with Crippen LogP contribution < -0.4 is 16.1 Å². The zero-order valence-electron chi connectivity index (χ0n) is 13.6. The number of carbonyl (C=O) groups is 3. The van der Waals surface area contributed by atoms with Crippen molar-refractivity contribution >= 4 is 23.5 Å². The maximum atomic E-state index is 12.0. The number of rotatable bonds is 4. The second-order valence-corrected chi connectivity index (χ2v) is 5.72. The smallest absolute Gasteiger partial charge is 0.335 e. The number of carbonyl (C=O) groups excluding carboxylic acids is 3. The third kappa shape index (κ3) is 4.45. The van der Waals surface area contributed by atoms with Gasteiger partial charge in [-0.2, -0.15) is 0 Å². The molecule has 7 heteroatoms. The molecule has 0 unspecified atom stereocenters. The summed E-state index contributed by atoms with van der Waals surface area (Å²) in [4.78, 5) is 35.4. The predicted octanol–water partition coefficient (Wildman–Crippen LogP) is 1.59. The molecule has 1 aromatic rings. The Morgan fingerprint density at radius 3 is 2.35 bits per heavy atom. The summed E-state index contributed by atoms with van der Waals surface area (Å²) < 4.78 is 0. The minimum atomic E-state index is -0.396. The summed E-state index contributed by atoms with van der Waals surface area (Å²) in [5.41, 5.74) is 3.53. The highest BCUT2D eigenvalue weighted by molar-refractivity contribution is 5.97. The number of hydrogen-bond donors (Lipinski definition) is 3. The van der Waals surface area contributed by atoms with E-state index in [2.05, 4.69) is 16.1 Å². The molecule has 0 spiro atoms. The Morgan fingerprint density at radius 2 is 1.83 bits per heavy atom. The van der Waals surface area contributed by atoms with Gasteiger partial charge in [-0.15, -0.1) is 0 Å². The Kier molecular flexibility index (Phi) is 5.20. The normalized spacial score (nSPS) is 18.7. The number of urea groups is 1. The highest BCUT2D eigenvalue weighted by atomic mass is 16.2. The van der Waals surface area contributed by atoms with Crippen LogP contribution in [0.2, 0.25) is 0 Å². The number of hydrogen-bond acceptors (Lipinski definition) is 3. The van der Waals surface area contributed by atoms with Gasteiger partial charge in [-0.25, -0.2) is 9.80 Å². The van der Waals surface area contributed by atoms with Crippen LogP contribution in [0.25, 0.3) is 0 Å². The van der Waals surface area contributed by atoms with Gasteiger partial charge in [-0.1, -0.05) is 6.92 Å². The van der Waals surface area contributed by atoms with Gasteiger partial charge in [-0.05, 0) is 43.5 Å². The Bertz CT molecular complexity index is 600. The molecule has 0 saturated heterocycles. The molecule has 2 rings (SSSR count). The molecule has 1 aliphatic rings. The van der Waals surface area contributed by atoms with Gasteiger partial charge in [0.1, 0.15) is 0 Å². The largest absolute Gasteiger partial charge is 0.337 e. The lowest BCUT2D eigenvalue weighted by Gasteiger charge is -2.18. The first-order chi connectivity index (χ1) is 10.9. The molecular formula is C16H22N4O3. The average molecular weight is 318 g/mol. The van der Waals surface area contributed by atoms with Crippen molar-refractivity contribution in [3.8, 4) is 0 Å². The molecular weight excluding hydrogens is 296 g/mol. The molecule has 124 valence electrons. The van der Waals surface area contributed by atoms with Gasteiger partial charge >= 0.3 is 6.03 Å². The van der Waals surface area contributed by atoms with E-state index >= 15 is 0 Å². The summed E-state index contributed by atoms with van der Waals surface area (Å²) >= 11 is 0. The van der Waals surface area contributed by atoms with Crippen LogP contribution in [0, 0.1) is 11.8 Å². The summed E-state index contributed by atoms with van der Waals surface area (Å²) in [5, 5.41) is 6.50. The lowest BCUT2D eigenvalue weighted by Crippen LogP contribution is -2.48. The molecule has 1 saturated carbocycles. The van der Waals surface area contributed by atoms with E-state index in [1.54, 1.807) is 31.2 Å². The number of nitrogens with zero attached hydrogens (tertiary/aromatic N) is 1. The fourth-order valence-electron chi connectivity index (χ4n) is 2.16. The van der Waals surface area contributed by atoms with Crippen LogP contribution in [0.1, 0.15) is 30.6 Å². The number of amides is 4. The van der Waals surface area contributed by atoms with Crippen LogP contribution >= 0.6 is 0 Å². The molecule has 2 atom stereocenters. The summed E-state index contributed by atoms with van der Waals surface area (Å²) in [6.45, 7) is 4.32. The number of benzene rings is 1. The van der Waals surface area contributed by atoms with Gasteiger partial charge < -0.3 is 10.6 Å². The maximum absolute atomic E-state index is 12.0. The van der Waals surface area contributed by atoms with Crippen molar-refractivity contribution in [1.82, 2.24) is 15.8 Å². The molecule has 1 fully saturated rings. The van der Waals surface area contributed by atoms with Crippen molar-refractivity contribution in [2.75, 3.05) is 18.9 Å². The summed E-state index contributed by atoms with van der Waals surface area (Å²) in [5.74, 6) is 0.173. The summed E-state index contributed by atoms with van der Waals surface area (Å²) in [6.07, 6.45) is 0.929. The molecule has 23 heavy (non-hydrogen) atoms. The zero-order valence-corrected chi connectivity index (χ0v) is 13.6. The first-order valence-electron chi connectivity index (χ1n) is 7.65. The lowest BCUT2D eigenvalue weighted by molar-refractivity contribution is -0.117. The van der Waals surface area contributed by atoms with Crippen molar-refractivity contribution < 1.29 is 14.4 Å². The van der Waals surface area contributed by atoms with Gasteiger partial charge in [0.25, 0.3) is 5.91 Å². The highest BCUT2D eigenvalue weighted by Gasteiger charge is 2.39. The van der Waals surface area contributed by atoms with E-state index in [-0.39, 0.29) is 17.9 Å². The highest BCUT2D eigenvalue weighted by Crippen LogP contribution is 2.38. The minimum absolute atomic E-state index is 0.0191. The lowest BCUT2D eigenvalue weighted by atomic mass is 10.2. The van der Waals surface area contributed by atoms with Crippen LogP contribution in [-0.2, 0) is 4.79 Å². The molecule has 1 aromatic carbocycles. The van der Waals surface area contributed by atoms with E-state index in [1.165, 1.54) is 7.05 Å². The number of nitrogens with one attached hydrogen (secondary N) is 3. The molecule has 0 aromatic heterocycles. The second kappa shape index (κ2) is 7.13. The van der Waals surface area contributed by atoms with Crippen LogP contribution in [0.4, 0.5) is 10.5 Å². The van der Waals surface area contributed by atoms with E-state index in [0.29, 0.717) is 23.7 Å². The van der Waals surface area contributed by atoms with Gasteiger partial charge in [0.2, 0.25) is 5.91 Å². The Balaban J connectivity index is 1.89. The van der Waals surface area contributed by atoms with E-state index in [0.717, 1.165) is 11.4 Å². The fraction of sp³-hybridized carbons (Fsp3) is 0.438. The first kappa shape index (κ1) is 16.8. The standard InChI is InChI=1S/C16H22N4O3/c1-4-17-16(23)20(3)19-14(21)11-5-7-12(8-6-11)18-15(22)13-9-10(13)2/h5-8,10,13H,4,9H2,1-3H3,(H,17,23)(H,18,22)(H,19,21)/t10-,13+/m0/s1. The van der Waals surface area contributed by atoms with E-state index in [4.69, 9.17) is 0 Å². The summed E-state index contributed by atoms with van der Waals surface area (Å²) in [6, 6.07) is 6.17. The van der Waals surface area contributed by atoms with Crippen molar-refractivity contribution in [3.05, 3.63) is 29.8 Å². The average Bonchev–Trinajstić information content (AvgIpc) is 3.25. The fourth-order valence-corrected chi connectivity index (χ4v) is 2.16. The van der Waals surface area contributed by atoms with Gasteiger partial charge in [0.05, 0.1) is 0 Å². The molecule has 0 heterocycles. The van der Waals surface area contributed by atoms with Crippen LogP contribution in [0.5, 0.6) is 0 Å². The Labute approximate surface area is 135 Å². The minimum Gasteiger partial charge on any atom is -0.337 e. The van der Waals surface area contributed by atoms with Crippen LogP contribution in [0.3, 0.4) is 0 Å². The van der Waals surface area contributed by atoms with Crippen LogP contribution in [-0.4, -0.2) is 36.4 Å². The van der Waals surface area contributed by atoms with Crippen LogP contribution in [0.15, 0.2) is 24.3 Å². The van der Waals surface area contributed by atoms with Gasteiger partial charge in [0, 0.05) is 30.8 Å². The third-order valence-electron chi connectivity index (χ3n) is 3.76. The number of hydrazine groups is 1. The molecule has 0 aliphatic heterocycles. The second-order valence-electron chi connectivity index (χ2n) is 5.72. The molecule has 3 N–H and O–H groups in total. The molecule has 7 nitrogen and oxygen atoms in total. The molecule has 0 radical (unpaired) electrons. The third-order valence-corrected chi connectivity index (χ3v) is 3.76. The predicted molar refractivity (Wildman–Crippen MR) is 86.6 cm³/mol. The zero-order chi connectivity index (χ0) is 17.0. The summed E-state index contributed by atoms with van der Waals surface area (Å²) in [7, 11) is 1.47. The molecule has 0 bridgehead atoms. The van der Waals surface area contributed by atoms with E-state index in [1.807, 2.05) is 6.92 Å². The SMILES string of the molecule is CCNC(=O)N(C)NC(=O)c1ccc(NC(=O)[C@@H]2C[C@@H]2C)cc1. The van der Waals surface area contributed by atoms with Gasteiger partial charge in [-0.3, -0.25) is 15.0 Å². The number of anilines is 1. The van der Waals surface area contributed by atoms with Crippen molar-refractivity contribution in [3.63, 3.8) is 0 Å². The topological polar surface area (TPSA) is 90.5 Å². The van der Waals surface area contributed by atoms with Crippen molar-refractivity contribution in [2.24, 2.45) is 11.8 Å². The molecule has 1 aliphatic carbocycles. The molecule has 4 amide bonds. The van der Waals surface area contributed by atoms with E-state index < -0.39 is 5.91 Å². The first-order valence-corrected chi connectivity index (χ1v) is 7.65. The maximum Gasteiger partial charge on any atom is 0.335 e. The Hall–Kier alpha value is -2.57. The van der Waals surface area contributed by atoms with Crippen molar-refractivity contribution in [1.29, 1.82) is 0 Å². The van der Waals surface area contributed by atoms with Gasteiger partial charge in [0.15, 0.2) is 0 Å². The van der Waals surface area contributed by atoms with E-state index in [9.17, 15) is 14.4 Å². The van der Waals surface area contributed by atoms with Crippen molar-refractivity contribution in [2.45, 2.75) is 20.3 Å². The monoisotopic (exact) mass is 318 g/mol.